The average molecular weight is 234 g/mol. The van der Waals surface area contributed by atoms with E-state index < -0.39 is 0 Å². The quantitative estimate of drug-likeness (QED) is 0.213. The van der Waals surface area contributed by atoms with Crippen molar-refractivity contribution in [2.45, 2.75) is 58.3 Å². The van der Waals surface area contributed by atoms with E-state index in [1.807, 2.05) is 12.2 Å². The van der Waals surface area contributed by atoms with Crippen LogP contribution in [-0.2, 0) is 4.79 Å². The molecule has 0 N–H and O–H groups in total. The van der Waals surface area contributed by atoms with E-state index >= 15 is 0 Å². The fourth-order valence-corrected chi connectivity index (χ4v) is 1.43. The number of hydrogen-bond acceptors (Lipinski definition) is 1. The van der Waals surface area contributed by atoms with Crippen LogP contribution in [-0.4, -0.2) is 6.29 Å². The molecule has 0 aromatic rings. The molecule has 0 aromatic heterocycles. The zero-order valence-corrected chi connectivity index (χ0v) is 11.1. The Morgan fingerprint density at radius 2 is 1.29 bits per heavy atom. The first-order valence-electron chi connectivity index (χ1n) is 6.82. The molecule has 0 saturated carbocycles. The zero-order chi connectivity index (χ0) is 12.6. The summed E-state index contributed by atoms with van der Waals surface area (Å²) in [5, 5.41) is 0. The molecular weight excluding hydrogens is 208 g/mol. The third-order valence-electron chi connectivity index (χ3n) is 2.47. The molecule has 0 aliphatic rings. The summed E-state index contributed by atoms with van der Waals surface area (Å²) in [5.41, 5.74) is 0. The van der Waals surface area contributed by atoms with Gasteiger partial charge >= 0.3 is 0 Å². The number of hydrogen-bond donors (Lipinski definition) is 0. The van der Waals surface area contributed by atoms with Crippen LogP contribution in [0.3, 0.4) is 0 Å². The van der Waals surface area contributed by atoms with Gasteiger partial charge in [-0.2, -0.15) is 0 Å². The van der Waals surface area contributed by atoms with Crippen molar-refractivity contribution in [1.29, 1.82) is 0 Å². The van der Waals surface area contributed by atoms with Crippen molar-refractivity contribution in [1.82, 2.24) is 0 Å². The van der Waals surface area contributed by atoms with Crippen LogP contribution in [0.2, 0.25) is 0 Å². The minimum absolute atomic E-state index is 0.632. The van der Waals surface area contributed by atoms with Crippen LogP contribution >= 0.6 is 0 Å². The van der Waals surface area contributed by atoms with E-state index in [1.165, 1.54) is 32.1 Å². The Hall–Kier alpha value is -1.11. The molecule has 0 saturated heterocycles. The Morgan fingerprint density at radius 3 is 1.94 bits per heavy atom. The Kier molecular flexibility index (Phi) is 13.9. The van der Waals surface area contributed by atoms with Gasteiger partial charge in [0, 0.05) is 6.42 Å². The highest BCUT2D eigenvalue weighted by atomic mass is 16.1. The van der Waals surface area contributed by atoms with Crippen molar-refractivity contribution in [2.75, 3.05) is 0 Å². The maximum atomic E-state index is 10.0. The van der Waals surface area contributed by atoms with Crippen molar-refractivity contribution < 1.29 is 4.79 Å². The molecule has 17 heavy (non-hydrogen) atoms. The number of rotatable bonds is 11. The van der Waals surface area contributed by atoms with Crippen LogP contribution in [0.4, 0.5) is 0 Å². The van der Waals surface area contributed by atoms with Gasteiger partial charge in [-0.05, 0) is 32.1 Å². The first-order valence-corrected chi connectivity index (χ1v) is 6.82. The van der Waals surface area contributed by atoms with Crippen molar-refractivity contribution in [3.63, 3.8) is 0 Å². The highest BCUT2D eigenvalue weighted by Gasteiger charge is 1.81. The van der Waals surface area contributed by atoms with Gasteiger partial charge in [0.05, 0.1) is 0 Å². The number of carbonyl (C=O) groups excluding carboxylic acids is 1. The van der Waals surface area contributed by atoms with E-state index in [2.05, 4.69) is 31.2 Å². The molecule has 0 spiro atoms. The first kappa shape index (κ1) is 15.9. The maximum absolute atomic E-state index is 10.0. The van der Waals surface area contributed by atoms with E-state index in [-0.39, 0.29) is 0 Å². The summed E-state index contributed by atoms with van der Waals surface area (Å²) >= 11 is 0. The minimum atomic E-state index is 0.632. The average Bonchev–Trinajstić information content (AvgIpc) is 2.35. The summed E-state index contributed by atoms with van der Waals surface area (Å²) in [6.07, 6.45) is 22.7. The lowest BCUT2D eigenvalue weighted by atomic mass is 10.2. The van der Waals surface area contributed by atoms with Crippen molar-refractivity contribution in [3.05, 3.63) is 36.5 Å². The lowest BCUT2D eigenvalue weighted by Gasteiger charge is -1.91. The second-order valence-corrected chi connectivity index (χ2v) is 4.14. The van der Waals surface area contributed by atoms with Gasteiger partial charge in [0.25, 0.3) is 0 Å². The minimum Gasteiger partial charge on any atom is -0.303 e. The number of allylic oxidation sites excluding steroid dienone is 6. The molecular formula is C16H26O. The first-order chi connectivity index (χ1) is 8.41. The van der Waals surface area contributed by atoms with E-state index in [9.17, 15) is 4.79 Å². The largest absolute Gasteiger partial charge is 0.303 e. The molecule has 0 fully saturated rings. The molecule has 0 bridgehead atoms. The molecule has 0 heterocycles. The predicted molar refractivity (Wildman–Crippen MR) is 76.1 cm³/mol. The Balaban J connectivity index is 3.26. The number of unbranched alkanes of at least 4 members (excludes halogenated alkanes) is 5. The maximum Gasteiger partial charge on any atom is 0.120 e. The summed E-state index contributed by atoms with van der Waals surface area (Å²) in [6.45, 7) is 2.22. The summed E-state index contributed by atoms with van der Waals surface area (Å²) in [6, 6.07) is 0. The molecule has 0 atom stereocenters. The predicted octanol–water partition coefficient (Wildman–Crippen LogP) is 4.99. The highest BCUT2D eigenvalue weighted by Crippen LogP contribution is 2.01. The molecule has 0 amide bonds. The molecule has 0 rings (SSSR count). The molecule has 0 radical (unpaired) electrons. The van der Waals surface area contributed by atoms with Gasteiger partial charge in [-0.1, -0.05) is 56.2 Å². The summed E-state index contributed by atoms with van der Waals surface area (Å²) in [5.74, 6) is 0. The second kappa shape index (κ2) is 14.9. The van der Waals surface area contributed by atoms with Crippen LogP contribution in [0.5, 0.6) is 0 Å². The molecule has 1 nitrogen and oxygen atoms in total. The molecule has 0 unspecified atom stereocenters. The van der Waals surface area contributed by atoms with Crippen LogP contribution in [0.15, 0.2) is 36.5 Å². The molecule has 0 aromatic carbocycles. The zero-order valence-electron chi connectivity index (χ0n) is 11.1. The monoisotopic (exact) mass is 234 g/mol. The van der Waals surface area contributed by atoms with E-state index in [1.54, 1.807) is 0 Å². The van der Waals surface area contributed by atoms with Gasteiger partial charge in [-0.3, -0.25) is 0 Å². The molecule has 0 aliphatic heterocycles. The van der Waals surface area contributed by atoms with Crippen LogP contribution in [0.25, 0.3) is 0 Å². The smallest absolute Gasteiger partial charge is 0.120 e. The second-order valence-electron chi connectivity index (χ2n) is 4.14. The van der Waals surface area contributed by atoms with Crippen molar-refractivity contribution in [3.8, 4) is 0 Å². The SMILES string of the molecule is CCCCC=CCCCC=CC=CCCC=O. The van der Waals surface area contributed by atoms with Crippen molar-refractivity contribution >= 4 is 6.29 Å². The van der Waals surface area contributed by atoms with Crippen molar-refractivity contribution in [2.24, 2.45) is 0 Å². The molecule has 96 valence electrons. The van der Waals surface area contributed by atoms with Gasteiger partial charge < -0.3 is 4.79 Å². The van der Waals surface area contributed by atoms with Crippen LogP contribution in [0.1, 0.15) is 58.3 Å². The van der Waals surface area contributed by atoms with E-state index in [4.69, 9.17) is 0 Å². The Labute approximate surface area is 106 Å². The summed E-state index contributed by atoms with van der Waals surface area (Å²) in [4.78, 5) is 10.0. The Morgan fingerprint density at radius 1 is 0.706 bits per heavy atom. The fourth-order valence-electron chi connectivity index (χ4n) is 1.43. The Bertz CT molecular complexity index is 236. The fraction of sp³-hybridized carbons (Fsp3) is 0.562. The lowest BCUT2D eigenvalue weighted by molar-refractivity contribution is -0.107. The van der Waals surface area contributed by atoms with Gasteiger partial charge in [0.15, 0.2) is 0 Å². The van der Waals surface area contributed by atoms with Gasteiger partial charge in [-0.25, -0.2) is 0 Å². The van der Waals surface area contributed by atoms with E-state index in [0.29, 0.717) is 6.42 Å². The summed E-state index contributed by atoms with van der Waals surface area (Å²) < 4.78 is 0. The third-order valence-corrected chi connectivity index (χ3v) is 2.47. The van der Waals surface area contributed by atoms with Gasteiger partial charge in [0.1, 0.15) is 6.29 Å². The topological polar surface area (TPSA) is 17.1 Å². The number of aldehydes is 1. The van der Waals surface area contributed by atoms with Crippen LogP contribution < -0.4 is 0 Å². The third kappa shape index (κ3) is 14.9. The van der Waals surface area contributed by atoms with Gasteiger partial charge in [-0.15, -0.1) is 0 Å². The standard InChI is InChI=1S/C16H26O/c1-2-3-4-5-6-7-8-9-10-11-12-13-14-15-16-17/h5-6,10-13,16H,2-4,7-9,14-15H2,1H3. The van der Waals surface area contributed by atoms with Crippen LogP contribution in [0, 0.1) is 0 Å². The summed E-state index contributed by atoms with van der Waals surface area (Å²) in [7, 11) is 0. The normalized spacial score (nSPS) is 12.1. The molecule has 1 heteroatoms. The van der Waals surface area contributed by atoms with Gasteiger partial charge in [0.2, 0.25) is 0 Å². The molecule has 0 aliphatic carbocycles. The number of carbonyl (C=O) groups is 1. The lowest BCUT2D eigenvalue weighted by Crippen LogP contribution is -1.71. The van der Waals surface area contributed by atoms with E-state index in [0.717, 1.165) is 19.1 Å². The highest BCUT2D eigenvalue weighted by molar-refractivity contribution is 5.49.